The van der Waals surface area contributed by atoms with Crippen LogP contribution in [0, 0.1) is 31.1 Å². The molecule has 1 unspecified atom stereocenters. The average molecular weight is 447 g/mol. The van der Waals surface area contributed by atoms with Gasteiger partial charge in [-0.2, -0.15) is 0 Å². The van der Waals surface area contributed by atoms with E-state index in [9.17, 15) is 19.5 Å². The third kappa shape index (κ3) is 5.27. The van der Waals surface area contributed by atoms with Crippen molar-refractivity contribution in [1.29, 1.82) is 0 Å². The standard InChI is InChI=1S/C25H25N3O5/c1-15-5-7-17(8-6-15)11-12-25(32,14-24(3,4)22(26)30)23(31)27-18-9-10-19-20(13-18)16(2)28-33-21(19)29/h5-10,13,32H,14H2,1-4H3,(H2,26,30)(H,27,31). The van der Waals surface area contributed by atoms with Gasteiger partial charge in [0.1, 0.15) is 0 Å². The van der Waals surface area contributed by atoms with Crippen molar-refractivity contribution >= 4 is 28.3 Å². The highest BCUT2D eigenvalue weighted by Gasteiger charge is 2.42. The minimum absolute atomic E-state index is 0.310. The highest BCUT2D eigenvalue weighted by Crippen LogP contribution is 2.29. The Morgan fingerprint density at radius 3 is 2.42 bits per heavy atom. The Balaban J connectivity index is 1.99. The fourth-order valence-electron chi connectivity index (χ4n) is 3.26. The van der Waals surface area contributed by atoms with Crippen LogP contribution in [0.1, 0.15) is 37.1 Å². The maximum atomic E-state index is 13.2. The molecule has 1 atom stereocenters. The minimum Gasteiger partial charge on any atom is -0.369 e. The molecule has 8 nitrogen and oxygen atoms in total. The second kappa shape index (κ2) is 8.88. The van der Waals surface area contributed by atoms with Gasteiger partial charge in [0.25, 0.3) is 5.91 Å². The predicted molar refractivity (Wildman–Crippen MR) is 124 cm³/mol. The van der Waals surface area contributed by atoms with Crippen molar-refractivity contribution < 1.29 is 19.2 Å². The number of benzene rings is 2. The summed E-state index contributed by atoms with van der Waals surface area (Å²) in [6.07, 6.45) is -0.322. The first-order valence-electron chi connectivity index (χ1n) is 10.3. The summed E-state index contributed by atoms with van der Waals surface area (Å²) in [5.74, 6) is 3.93. The zero-order chi connectivity index (χ0) is 24.4. The summed E-state index contributed by atoms with van der Waals surface area (Å²) < 4.78 is 4.71. The Kier molecular flexibility index (Phi) is 6.38. The van der Waals surface area contributed by atoms with Crippen LogP contribution >= 0.6 is 0 Å². The summed E-state index contributed by atoms with van der Waals surface area (Å²) >= 11 is 0. The number of hydrogen-bond acceptors (Lipinski definition) is 6. The van der Waals surface area contributed by atoms with Crippen molar-refractivity contribution in [2.24, 2.45) is 11.1 Å². The third-order valence-electron chi connectivity index (χ3n) is 5.36. The molecule has 170 valence electrons. The summed E-state index contributed by atoms with van der Waals surface area (Å²) in [5, 5.41) is 18.4. The van der Waals surface area contributed by atoms with E-state index in [1.165, 1.54) is 26.0 Å². The lowest BCUT2D eigenvalue weighted by molar-refractivity contribution is -0.135. The predicted octanol–water partition coefficient (Wildman–Crippen LogP) is 2.43. The molecule has 0 radical (unpaired) electrons. The summed E-state index contributed by atoms with van der Waals surface area (Å²) in [6.45, 7) is 6.66. The van der Waals surface area contributed by atoms with Gasteiger partial charge in [0.15, 0.2) is 0 Å². The Hall–Kier alpha value is -3.96. The Bertz CT molecular complexity index is 1350. The lowest BCUT2D eigenvalue weighted by Crippen LogP contribution is -2.48. The number of aromatic nitrogens is 1. The molecule has 33 heavy (non-hydrogen) atoms. The topological polar surface area (TPSA) is 136 Å². The minimum atomic E-state index is -2.22. The molecular formula is C25H25N3O5. The second-order valence-corrected chi connectivity index (χ2v) is 8.67. The Labute approximate surface area is 190 Å². The number of hydrogen-bond donors (Lipinski definition) is 3. The maximum absolute atomic E-state index is 13.2. The van der Waals surface area contributed by atoms with Crippen LogP contribution in [0.2, 0.25) is 0 Å². The number of carbonyl (C=O) groups is 2. The molecule has 0 saturated heterocycles. The molecule has 2 amide bonds. The SMILES string of the molecule is Cc1ccc(C#CC(O)(CC(C)(C)C(N)=O)C(=O)Nc2ccc3c(=O)onc(C)c3c2)cc1. The van der Waals surface area contributed by atoms with Crippen molar-refractivity contribution in [3.63, 3.8) is 0 Å². The van der Waals surface area contributed by atoms with E-state index in [1.807, 2.05) is 19.1 Å². The van der Waals surface area contributed by atoms with Crippen LogP contribution in [0.4, 0.5) is 5.69 Å². The van der Waals surface area contributed by atoms with Gasteiger partial charge in [-0.05, 0) is 44.2 Å². The molecular weight excluding hydrogens is 422 g/mol. The lowest BCUT2D eigenvalue weighted by atomic mass is 9.79. The number of carbonyl (C=O) groups excluding carboxylic acids is 2. The number of primary amides is 1. The zero-order valence-corrected chi connectivity index (χ0v) is 18.9. The number of anilines is 1. The van der Waals surface area contributed by atoms with E-state index < -0.39 is 28.5 Å². The number of rotatable bonds is 5. The summed E-state index contributed by atoms with van der Waals surface area (Å²) in [7, 11) is 0. The third-order valence-corrected chi connectivity index (χ3v) is 5.36. The molecule has 3 aromatic rings. The molecule has 0 aliphatic heterocycles. The number of nitrogens with two attached hydrogens (primary N) is 1. The number of fused-ring (bicyclic) bond motifs is 1. The second-order valence-electron chi connectivity index (χ2n) is 8.67. The van der Waals surface area contributed by atoms with Crippen molar-refractivity contribution in [2.45, 2.75) is 39.7 Å². The van der Waals surface area contributed by atoms with E-state index in [1.54, 1.807) is 25.1 Å². The molecule has 0 fully saturated rings. The summed E-state index contributed by atoms with van der Waals surface area (Å²) in [4.78, 5) is 36.9. The largest absolute Gasteiger partial charge is 0.369 e. The van der Waals surface area contributed by atoms with Gasteiger partial charge in [0.2, 0.25) is 11.5 Å². The molecule has 0 aliphatic carbocycles. The molecule has 2 aromatic carbocycles. The summed E-state index contributed by atoms with van der Waals surface area (Å²) in [6, 6.07) is 11.8. The first kappa shape index (κ1) is 23.7. The quantitative estimate of drug-likeness (QED) is 0.514. The van der Waals surface area contributed by atoms with Crippen molar-refractivity contribution in [3.05, 3.63) is 69.7 Å². The molecule has 0 aliphatic rings. The van der Waals surface area contributed by atoms with Crippen LogP contribution in [-0.2, 0) is 9.59 Å². The fourth-order valence-corrected chi connectivity index (χ4v) is 3.26. The first-order chi connectivity index (χ1) is 15.4. The average Bonchev–Trinajstić information content (AvgIpc) is 2.75. The zero-order valence-electron chi connectivity index (χ0n) is 18.9. The van der Waals surface area contributed by atoms with Gasteiger partial charge in [0.05, 0.1) is 11.1 Å². The van der Waals surface area contributed by atoms with Crippen LogP contribution in [0.3, 0.4) is 0 Å². The van der Waals surface area contributed by atoms with Crippen LogP contribution in [0.5, 0.6) is 0 Å². The maximum Gasteiger partial charge on any atom is 0.366 e. The van der Waals surface area contributed by atoms with Gasteiger partial charge in [-0.15, -0.1) is 0 Å². The van der Waals surface area contributed by atoms with E-state index >= 15 is 0 Å². The highest BCUT2D eigenvalue weighted by atomic mass is 16.5. The molecule has 3 rings (SSSR count). The van der Waals surface area contributed by atoms with Crippen LogP contribution in [0.25, 0.3) is 10.8 Å². The van der Waals surface area contributed by atoms with E-state index in [4.69, 9.17) is 10.3 Å². The van der Waals surface area contributed by atoms with Gasteiger partial charge in [-0.1, -0.05) is 48.5 Å². The molecule has 4 N–H and O–H groups in total. The van der Waals surface area contributed by atoms with Crippen LogP contribution in [-0.4, -0.2) is 27.7 Å². The van der Waals surface area contributed by atoms with E-state index in [0.717, 1.165) is 5.56 Å². The lowest BCUT2D eigenvalue weighted by Gasteiger charge is -2.29. The number of aliphatic hydroxyl groups is 1. The van der Waals surface area contributed by atoms with Crippen LogP contribution < -0.4 is 16.7 Å². The Morgan fingerprint density at radius 2 is 1.79 bits per heavy atom. The summed E-state index contributed by atoms with van der Waals surface area (Å²) in [5.41, 5.74) is 3.86. The van der Waals surface area contributed by atoms with E-state index in [-0.39, 0.29) is 6.42 Å². The van der Waals surface area contributed by atoms with Crippen LogP contribution in [0.15, 0.2) is 51.8 Å². The first-order valence-corrected chi connectivity index (χ1v) is 10.3. The molecule has 1 aromatic heterocycles. The van der Waals surface area contributed by atoms with Gasteiger partial charge in [-0.3, -0.25) is 9.59 Å². The monoisotopic (exact) mass is 447 g/mol. The van der Waals surface area contributed by atoms with Gasteiger partial charge >= 0.3 is 5.63 Å². The van der Waals surface area contributed by atoms with Crippen molar-refractivity contribution in [3.8, 4) is 11.8 Å². The fraction of sp³-hybridized carbons (Fsp3) is 0.280. The number of amides is 2. The molecule has 8 heteroatoms. The molecule has 0 spiro atoms. The van der Waals surface area contributed by atoms with Gasteiger partial charge in [0, 0.05) is 28.5 Å². The smallest absolute Gasteiger partial charge is 0.366 e. The number of nitrogens with one attached hydrogen (secondary N) is 1. The highest BCUT2D eigenvalue weighted by molar-refractivity contribution is 6.01. The number of aryl methyl sites for hydroxylation is 2. The molecule has 0 saturated carbocycles. The van der Waals surface area contributed by atoms with Gasteiger partial charge < -0.3 is 20.7 Å². The van der Waals surface area contributed by atoms with Gasteiger partial charge in [-0.25, -0.2) is 4.79 Å². The van der Waals surface area contributed by atoms with E-state index in [2.05, 4.69) is 22.3 Å². The molecule has 1 heterocycles. The van der Waals surface area contributed by atoms with Crippen molar-refractivity contribution in [2.75, 3.05) is 5.32 Å². The molecule has 0 bridgehead atoms. The van der Waals surface area contributed by atoms with E-state index in [0.29, 0.717) is 27.7 Å². The number of nitrogens with zero attached hydrogens (tertiary/aromatic N) is 1. The Morgan fingerprint density at radius 1 is 1.12 bits per heavy atom. The van der Waals surface area contributed by atoms with Crippen molar-refractivity contribution in [1.82, 2.24) is 5.16 Å². The normalized spacial score (nSPS) is 13.0.